The molecular formula is C15H19BrO2. The van der Waals surface area contributed by atoms with E-state index in [0.29, 0.717) is 12.3 Å². The molecule has 0 bridgehead atoms. The van der Waals surface area contributed by atoms with E-state index >= 15 is 0 Å². The van der Waals surface area contributed by atoms with E-state index in [1.165, 1.54) is 11.1 Å². The van der Waals surface area contributed by atoms with Crippen LogP contribution in [0.25, 0.3) is 0 Å². The SMILES string of the molecule is CC(C)(C)OC(=O)CC1CCc2cc(Br)ccc21. The number of ether oxygens (including phenoxy) is 1. The normalized spacial score (nSPS) is 18.6. The van der Waals surface area contributed by atoms with Crippen molar-refractivity contribution in [3.63, 3.8) is 0 Å². The van der Waals surface area contributed by atoms with Gasteiger partial charge in [0, 0.05) is 4.47 Å². The summed E-state index contributed by atoms with van der Waals surface area (Å²) in [6, 6.07) is 6.33. The molecule has 1 aliphatic rings. The number of hydrogen-bond donors (Lipinski definition) is 0. The van der Waals surface area contributed by atoms with Crippen molar-refractivity contribution in [2.24, 2.45) is 0 Å². The summed E-state index contributed by atoms with van der Waals surface area (Å²) in [5.41, 5.74) is 2.28. The number of benzene rings is 1. The summed E-state index contributed by atoms with van der Waals surface area (Å²) in [7, 11) is 0. The number of fused-ring (bicyclic) bond motifs is 1. The van der Waals surface area contributed by atoms with Gasteiger partial charge in [-0.05, 0) is 62.8 Å². The molecule has 2 rings (SSSR count). The molecule has 0 heterocycles. The van der Waals surface area contributed by atoms with E-state index in [1.54, 1.807) is 0 Å². The van der Waals surface area contributed by atoms with Crippen LogP contribution in [0, 0.1) is 0 Å². The topological polar surface area (TPSA) is 26.3 Å². The minimum Gasteiger partial charge on any atom is -0.460 e. The van der Waals surface area contributed by atoms with Crippen molar-refractivity contribution < 1.29 is 9.53 Å². The second-order valence-electron chi connectivity index (χ2n) is 5.87. The smallest absolute Gasteiger partial charge is 0.306 e. The quantitative estimate of drug-likeness (QED) is 0.765. The minimum atomic E-state index is -0.391. The van der Waals surface area contributed by atoms with Gasteiger partial charge in [-0.25, -0.2) is 0 Å². The van der Waals surface area contributed by atoms with Crippen LogP contribution in [0.5, 0.6) is 0 Å². The van der Waals surface area contributed by atoms with Crippen LogP contribution >= 0.6 is 15.9 Å². The van der Waals surface area contributed by atoms with Crippen molar-refractivity contribution in [3.05, 3.63) is 33.8 Å². The van der Waals surface area contributed by atoms with Gasteiger partial charge in [0.05, 0.1) is 6.42 Å². The van der Waals surface area contributed by atoms with Crippen molar-refractivity contribution >= 4 is 21.9 Å². The van der Waals surface area contributed by atoms with Gasteiger partial charge in [0.25, 0.3) is 0 Å². The summed E-state index contributed by atoms with van der Waals surface area (Å²) in [6.07, 6.45) is 2.60. The molecule has 1 aromatic rings. The number of halogens is 1. The lowest BCUT2D eigenvalue weighted by molar-refractivity contribution is -0.155. The van der Waals surface area contributed by atoms with Crippen LogP contribution in [-0.2, 0) is 16.0 Å². The third-order valence-electron chi connectivity index (χ3n) is 3.14. The first-order valence-electron chi connectivity index (χ1n) is 6.35. The highest BCUT2D eigenvalue weighted by Crippen LogP contribution is 2.37. The summed E-state index contributed by atoms with van der Waals surface area (Å²) in [5.74, 6) is 0.228. The highest BCUT2D eigenvalue weighted by Gasteiger charge is 2.27. The zero-order valence-electron chi connectivity index (χ0n) is 11.1. The number of carbonyl (C=O) groups excluding carboxylic acids is 1. The molecule has 0 aromatic heterocycles. The number of aryl methyl sites for hydroxylation is 1. The predicted octanol–water partition coefficient (Wildman–Crippen LogP) is 4.21. The van der Waals surface area contributed by atoms with Crippen LogP contribution in [0.1, 0.15) is 50.7 Å². The second-order valence-corrected chi connectivity index (χ2v) is 6.78. The van der Waals surface area contributed by atoms with Crippen molar-refractivity contribution in [2.75, 3.05) is 0 Å². The zero-order valence-corrected chi connectivity index (χ0v) is 12.7. The van der Waals surface area contributed by atoms with E-state index in [-0.39, 0.29) is 5.97 Å². The van der Waals surface area contributed by atoms with Crippen LogP contribution in [-0.4, -0.2) is 11.6 Å². The Morgan fingerprint density at radius 3 is 2.83 bits per heavy atom. The molecule has 0 spiro atoms. The standard InChI is InChI=1S/C15H19BrO2/c1-15(2,3)18-14(17)9-11-5-4-10-8-12(16)6-7-13(10)11/h6-8,11H,4-5,9H2,1-3H3. The van der Waals surface area contributed by atoms with Crippen molar-refractivity contribution in [3.8, 4) is 0 Å². The van der Waals surface area contributed by atoms with Gasteiger partial charge in [0.2, 0.25) is 0 Å². The maximum absolute atomic E-state index is 11.9. The lowest BCUT2D eigenvalue weighted by Gasteiger charge is -2.21. The molecule has 18 heavy (non-hydrogen) atoms. The first kappa shape index (κ1) is 13.6. The van der Waals surface area contributed by atoms with Crippen LogP contribution in [0.15, 0.2) is 22.7 Å². The molecule has 0 N–H and O–H groups in total. The van der Waals surface area contributed by atoms with Gasteiger partial charge in [0.15, 0.2) is 0 Å². The Morgan fingerprint density at radius 2 is 2.17 bits per heavy atom. The second kappa shape index (κ2) is 5.04. The fraction of sp³-hybridized carbons (Fsp3) is 0.533. The molecule has 0 saturated heterocycles. The Bertz CT molecular complexity index is 460. The molecular weight excluding hydrogens is 292 g/mol. The molecule has 1 aromatic carbocycles. The van der Waals surface area contributed by atoms with Gasteiger partial charge in [-0.2, -0.15) is 0 Å². The van der Waals surface area contributed by atoms with Crippen molar-refractivity contribution in [1.82, 2.24) is 0 Å². The summed E-state index contributed by atoms with van der Waals surface area (Å²) in [4.78, 5) is 11.9. The molecule has 0 radical (unpaired) electrons. The van der Waals surface area contributed by atoms with Crippen LogP contribution in [0.2, 0.25) is 0 Å². The number of rotatable bonds is 2. The Labute approximate surface area is 117 Å². The molecule has 98 valence electrons. The zero-order chi connectivity index (χ0) is 13.3. The summed E-state index contributed by atoms with van der Waals surface area (Å²) in [6.45, 7) is 5.72. The summed E-state index contributed by atoms with van der Waals surface area (Å²) >= 11 is 3.48. The number of esters is 1. The first-order valence-corrected chi connectivity index (χ1v) is 7.14. The van der Waals surface area contributed by atoms with Crippen molar-refractivity contribution in [2.45, 2.75) is 51.6 Å². The molecule has 2 nitrogen and oxygen atoms in total. The van der Waals surface area contributed by atoms with Gasteiger partial charge >= 0.3 is 5.97 Å². The Balaban J connectivity index is 2.04. The highest BCUT2D eigenvalue weighted by molar-refractivity contribution is 9.10. The van der Waals surface area contributed by atoms with E-state index in [2.05, 4.69) is 28.1 Å². The molecule has 1 unspecified atom stereocenters. The molecule has 0 aliphatic heterocycles. The molecule has 1 aliphatic carbocycles. The number of hydrogen-bond acceptors (Lipinski definition) is 2. The van der Waals surface area contributed by atoms with E-state index in [9.17, 15) is 4.79 Å². The monoisotopic (exact) mass is 310 g/mol. The third-order valence-corrected chi connectivity index (χ3v) is 3.63. The van der Waals surface area contributed by atoms with E-state index in [0.717, 1.165) is 17.3 Å². The van der Waals surface area contributed by atoms with E-state index in [4.69, 9.17) is 4.74 Å². The summed E-state index contributed by atoms with van der Waals surface area (Å²) < 4.78 is 6.50. The Kier molecular flexibility index (Phi) is 3.81. The largest absolute Gasteiger partial charge is 0.460 e. The average molecular weight is 311 g/mol. The molecule has 1 atom stereocenters. The molecule has 3 heteroatoms. The maximum Gasteiger partial charge on any atom is 0.306 e. The first-order chi connectivity index (χ1) is 8.35. The van der Waals surface area contributed by atoms with Gasteiger partial charge in [-0.1, -0.05) is 22.0 Å². The van der Waals surface area contributed by atoms with Crippen LogP contribution < -0.4 is 0 Å². The molecule has 0 saturated carbocycles. The molecule has 0 fully saturated rings. The maximum atomic E-state index is 11.9. The highest BCUT2D eigenvalue weighted by atomic mass is 79.9. The van der Waals surface area contributed by atoms with Crippen molar-refractivity contribution in [1.29, 1.82) is 0 Å². The third kappa shape index (κ3) is 3.35. The van der Waals surface area contributed by atoms with Gasteiger partial charge < -0.3 is 4.74 Å². The Hall–Kier alpha value is -0.830. The summed E-state index contributed by atoms with van der Waals surface area (Å²) in [5, 5.41) is 0. The van der Waals surface area contributed by atoms with Gasteiger partial charge in [0.1, 0.15) is 5.60 Å². The lowest BCUT2D eigenvalue weighted by Crippen LogP contribution is -2.24. The van der Waals surface area contributed by atoms with Crippen LogP contribution in [0.4, 0.5) is 0 Å². The lowest BCUT2D eigenvalue weighted by atomic mass is 9.98. The minimum absolute atomic E-state index is 0.0942. The van der Waals surface area contributed by atoms with E-state index < -0.39 is 5.60 Å². The van der Waals surface area contributed by atoms with Gasteiger partial charge in [-0.3, -0.25) is 4.79 Å². The fourth-order valence-corrected chi connectivity index (χ4v) is 2.88. The predicted molar refractivity (Wildman–Crippen MR) is 75.7 cm³/mol. The van der Waals surface area contributed by atoms with Gasteiger partial charge in [-0.15, -0.1) is 0 Å². The fourth-order valence-electron chi connectivity index (χ4n) is 2.47. The van der Waals surface area contributed by atoms with Crippen LogP contribution in [0.3, 0.4) is 0 Å². The average Bonchev–Trinajstić information content (AvgIpc) is 2.57. The van der Waals surface area contributed by atoms with E-state index in [1.807, 2.05) is 26.8 Å². The number of carbonyl (C=O) groups is 1. The molecule has 0 amide bonds. The Morgan fingerprint density at radius 1 is 1.44 bits per heavy atom.